The lowest BCUT2D eigenvalue weighted by molar-refractivity contribution is 0.0527. The van der Waals surface area contributed by atoms with Gasteiger partial charge in [0.2, 0.25) is 0 Å². The van der Waals surface area contributed by atoms with Crippen molar-refractivity contribution in [2.24, 2.45) is 0 Å². The van der Waals surface area contributed by atoms with E-state index in [-0.39, 0.29) is 11.9 Å². The van der Waals surface area contributed by atoms with Crippen LogP contribution in [0.3, 0.4) is 0 Å². The van der Waals surface area contributed by atoms with Crippen LogP contribution >= 0.6 is 22.7 Å². The predicted octanol–water partition coefficient (Wildman–Crippen LogP) is 5.94. The van der Waals surface area contributed by atoms with E-state index >= 15 is 0 Å². The topological polar surface area (TPSA) is 68.3 Å². The largest absolute Gasteiger partial charge is 0.462 e. The molecule has 0 spiro atoms. The molecule has 1 N–H and O–H groups in total. The van der Waals surface area contributed by atoms with Crippen molar-refractivity contribution >= 4 is 50.5 Å². The van der Waals surface area contributed by atoms with E-state index in [4.69, 9.17) is 9.72 Å². The van der Waals surface area contributed by atoms with Gasteiger partial charge < -0.3 is 10.1 Å². The van der Waals surface area contributed by atoms with E-state index < -0.39 is 0 Å². The number of aromatic nitrogens is 1. The van der Waals surface area contributed by atoms with Crippen molar-refractivity contribution in [2.45, 2.75) is 26.2 Å². The van der Waals surface area contributed by atoms with Gasteiger partial charge in [-0.25, -0.2) is 9.78 Å². The maximum absolute atomic E-state index is 13.4. The molecule has 1 amide bonds. The SMILES string of the molecule is CCOC(=O)c1c(NC(=O)c2cc(-c3cccs3)nc3ccccc23)sc2c1CCC2. The summed E-state index contributed by atoms with van der Waals surface area (Å²) in [6.07, 6.45) is 2.81. The van der Waals surface area contributed by atoms with Crippen LogP contribution in [0.5, 0.6) is 0 Å². The third kappa shape index (κ3) is 3.64. The van der Waals surface area contributed by atoms with Gasteiger partial charge in [-0.1, -0.05) is 24.3 Å². The zero-order valence-electron chi connectivity index (χ0n) is 16.9. The first-order chi connectivity index (χ1) is 15.2. The Morgan fingerprint density at radius 2 is 2.03 bits per heavy atom. The number of para-hydroxylation sites is 1. The van der Waals surface area contributed by atoms with Crippen LogP contribution in [0.2, 0.25) is 0 Å². The summed E-state index contributed by atoms with van der Waals surface area (Å²) in [7, 11) is 0. The van der Waals surface area contributed by atoms with Crippen molar-refractivity contribution in [3.8, 4) is 10.6 Å². The van der Waals surface area contributed by atoms with Gasteiger partial charge in [0.05, 0.1) is 33.8 Å². The number of carbonyl (C=O) groups is 2. The molecule has 5 nitrogen and oxygen atoms in total. The number of aryl methyl sites for hydroxylation is 1. The van der Waals surface area contributed by atoms with Crippen molar-refractivity contribution in [3.05, 3.63) is 69.4 Å². The Hall–Kier alpha value is -3.03. The monoisotopic (exact) mass is 448 g/mol. The minimum Gasteiger partial charge on any atom is -0.462 e. The van der Waals surface area contributed by atoms with E-state index in [0.29, 0.717) is 22.7 Å². The molecule has 1 aliphatic rings. The summed E-state index contributed by atoms with van der Waals surface area (Å²) in [6, 6.07) is 13.4. The van der Waals surface area contributed by atoms with Crippen molar-refractivity contribution in [3.63, 3.8) is 0 Å². The number of nitrogens with zero attached hydrogens (tertiary/aromatic N) is 1. The number of amides is 1. The van der Waals surface area contributed by atoms with Crippen LogP contribution in [0.25, 0.3) is 21.5 Å². The number of ether oxygens (including phenoxy) is 1. The van der Waals surface area contributed by atoms with Crippen LogP contribution in [0.15, 0.2) is 47.8 Å². The predicted molar refractivity (Wildman–Crippen MR) is 125 cm³/mol. The zero-order valence-corrected chi connectivity index (χ0v) is 18.6. The molecule has 0 saturated carbocycles. The Bertz CT molecular complexity index is 1290. The number of pyridine rings is 1. The molecule has 1 aromatic carbocycles. The minimum absolute atomic E-state index is 0.248. The number of carbonyl (C=O) groups excluding carboxylic acids is 2. The van der Waals surface area contributed by atoms with Gasteiger partial charge in [0.25, 0.3) is 5.91 Å². The fraction of sp³-hybridized carbons (Fsp3) is 0.208. The smallest absolute Gasteiger partial charge is 0.341 e. The molecule has 156 valence electrons. The molecule has 0 unspecified atom stereocenters. The first-order valence-electron chi connectivity index (χ1n) is 10.2. The van der Waals surface area contributed by atoms with Crippen molar-refractivity contribution in [2.75, 3.05) is 11.9 Å². The molecule has 3 heterocycles. The summed E-state index contributed by atoms with van der Waals surface area (Å²) in [6.45, 7) is 2.09. The van der Waals surface area contributed by atoms with E-state index in [1.54, 1.807) is 18.3 Å². The molecule has 0 saturated heterocycles. The van der Waals surface area contributed by atoms with Crippen LogP contribution in [-0.4, -0.2) is 23.5 Å². The Morgan fingerprint density at radius 1 is 1.16 bits per heavy atom. The third-order valence-electron chi connectivity index (χ3n) is 5.36. The molecule has 5 rings (SSSR count). The number of esters is 1. The van der Waals surface area contributed by atoms with Gasteiger partial charge >= 0.3 is 5.97 Å². The molecule has 3 aromatic heterocycles. The number of rotatable bonds is 5. The zero-order chi connectivity index (χ0) is 21.4. The van der Waals surface area contributed by atoms with Gasteiger partial charge in [0.1, 0.15) is 5.00 Å². The van der Waals surface area contributed by atoms with Gasteiger partial charge in [-0.3, -0.25) is 4.79 Å². The first kappa shape index (κ1) is 19.9. The maximum Gasteiger partial charge on any atom is 0.341 e. The first-order valence-corrected chi connectivity index (χ1v) is 11.9. The summed E-state index contributed by atoms with van der Waals surface area (Å²) < 4.78 is 5.29. The van der Waals surface area contributed by atoms with Crippen molar-refractivity contribution in [1.82, 2.24) is 4.98 Å². The molecule has 0 fully saturated rings. The molecule has 0 radical (unpaired) electrons. The molecular weight excluding hydrogens is 428 g/mol. The highest BCUT2D eigenvalue weighted by molar-refractivity contribution is 7.17. The molecule has 0 atom stereocenters. The van der Waals surface area contributed by atoms with E-state index in [0.717, 1.165) is 51.2 Å². The number of anilines is 1. The number of benzene rings is 1. The highest BCUT2D eigenvalue weighted by Crippen LogP contribution is 2.40. The summed E-state index contributed by atoms with van der Waals surface area (Å²) in [5.74, 6) is -0.613. The Balaban J connectivity index is 1.57. The second kappa shape index (κ2) is 8.24. The Morgan fingerprint density at radius 3 is 2.84 bits per heavy atom. The van der Waals surface area contributed by atoms with E-state index in [9.17, 15) is 9.59 Å². The molecule has 1 aliphatic carbocycles. The summed E-state index contributed by atoms with van der Waals surface area (Å²) in [5, 5.41) is 6.36. The third-order valence-corrected chi connectivity index (χ3v) is 7.46. The molecule has 7 heteroatoms. The van der Waals surface area contributed by atoms with Crippen LogP contribution in [0.4, 0.5) is 5.00 Å². The summed E-state index contributed by atoms with van der Waals surface area (Å²) in [4.78, 5) is 33.0. The molecular formula is C24H20N2O3S2. The standard InChI is InChI=1S/C24H20N2O3S2/c1-2-29-24(28)21-15-8-5-10-19(15)31-23(21)26-22(27)16-13-18(20-11-6-12-30-20)25-17-9-4-3-7-14(16)17/h3-4,6-7,9,11-13H,2,5,8,10H2,1H3,(H,26,27). The van der Waals surface area contributed by atoms with E-state index in [2.05, 4.69) is 5.32 Å². The average molecular weight is 449 g/mol. The molecule has 0 aliphatic heterocycles. The number of fused-ring (bicyclic) bond motifs is 2. The second-order valence-electron chi connectivity index (χ2n) is 7.29. The second-order valence-corrected chi connectivity index (χ2v) is 9.34. The molecule has 4 aromatic rings. The highest BCUT2D eigenvalue weighted by Gasteiger charge is 2.29. The summed E-state index contributed by atoms with van der Waals surface area (Å²) in [5.41, 5.74) is 3.61. The number of hydrogen-bond acceptors (Lipinski definition) is 6. The van der Waals surface area contributed by atoms with Crippen LogP contribution in [-0.2, 0) is 17.6 Å². The summed E-state index contributed by atoms with van der Waals surface area (Å²) >= 11 is 3.07. The van der Waals surface area contributed by atoms with Crippen LogP contribution in [0.1, 0.15) is 44.5 Å². The van der Waals surface area contributed by atoms with E-state index in [1.807, 2.05) is 47.8 Å². The lowest BCUT2D eigenvalue weighted by Crippen LogP contribution is -2.16. The average Bonchev–Trinajstić information content (AvgIpc) is 3.51. The van der Waals surface area contributed by atoms with Crippen molar-refractivity contribution < 1.29 is 14.3 Å². The van der Waals surface area contributed by atoms with Gasteiger partial charge in [0, 0.05) is 10.3 Å². The lowest BCUT2D eigenvalue weighted by atomic mass is 10.1. The van der Waals surface area contributed by atoms with Crippen molar-refractivity contribution in [1.29, 1.82) is 0 Å². The lowest BCUT2D eigenvalue weighted by Gasteiger charge is -2.11. The fourth-order valence-corrected chi connectivity index (χ4v) is 5.95. The number of hydrogen-bond donors (Lipinski definition) is 1. The fourth-order valence-electron chi connectivity index (χ4n) is 4.00. The molecule has 0 bridgehead atoms. The minimum atomic E-state index is -0.365. The van der Waals surface area contributed by atoms with Gasteiger partial charge in [-0.15, -0.1) is 22.7 Å². The normalized spacial score (nSPS) is 12.7. The number of thiophene rings is 2. The van der Waals surface area contributed by atoms with Crippen LogP contribution in [0, 0.1) is 0 Å². The van der Waals surface area contributed by atoms with Gasteiger partial charge in [-0.05, 0) is 55.3 Å². The maximum atomic E-state index is 13.4. The number of nitrogens with one attached hydrogen (secondary N) is 1. The van der Waals surface area contributed by atoms with E-state index in [1.165, 1.54) is 11.3 Å². The van der Waals surface area contributed by atoms with Gasteiger partial charge in [0.15, 0.2) is 0 Å². The Kier molecular flexibility index (Phi) is 5.29. The highest BCUT2D eigenvalue weighted by atomic mass is 32.1. The Labute approximate surface area is 187 Å². The quantitative estimate of drug-likeness (QED) is 0.384. The van der Waals surface area contributed by atoms with Gasteiger partial charge in [-0.2, -0.15) is 0 Å². The van der Waals surface area contributed by atoms with Crippen LogP contribution < -0.4 is 5.32 Å². The molecule has 31 heavy (non-hydrogen) atoms.